The molecular weight excluding hydrogens is 439 g/mol. The summed E-state index contributed by atoms with van der Waals surface area (Å²) in [7, 11) is 0. The minimum absolute atomic E-state index is 0.0552. The van der Waals surface area contributed by atoms with Crippen LogP contribution in [0, 0.1) is 29.5 Å². The predicted octanol–water partition coefficient (Wildman–Crippen LogP) is 5.00. The van der Waals surface area contributed by atoms with E-state index < -0.39 is 0 Å². The van der Waals surface area contributed by atoms with Gasteiger partial charge < -0.3 is 10.2 Å². The minimum atomic E-state index is -0.234. The van der Waals surface area contributed by atoms with Crippen molar-refractivity contribution in [2.75, 3.05) is 31.1 Å². The molecule has 6 rings (SSSR count). The molecule has 1 N–H and O–H groups in total. The van der Waals surface area contributed by atoms with Crippen molar-refractivity contribution in [1.29, 1.82) is 0 Å². The zero-order chi connectivity index (χ0) is 24.2. The molecule has 2 aromatic rings. The van der Waals surface area contributed by atoms with Gasteiger partial charge in [-0.25, -0.2) is 4.39 Å². The van der Waals surface area contributed by atoms with Crippen molar-refractivity contribution in [3.05, 3.63) is 36.3 Å². The summed E-state index contributed by atoms with van der Waals surface area (Å²) in [5.41, 5.74) is 1.79. The van der Waals surface area contributed by atoms with E-state index in [9.17, 15) is 9.18 Å². The van der Waals surface area contributed by atoms with Crippen LogP contribution in [0.15, 0.2) is 30.5 Å². The van der Waals surface area contributed by atoms with E-state index in [1.54, 1.807) is 18.3 Å². The number of hydrogen-bond acceptors (Lipinski definition) is 4. The summed E-state index contributed by atoms with van der Waals surface area (Å²) in [5, 5.41) is 4.45. The van der Waals surface area contributed by atoms with Gasteiger partial charge >= 0.3 is 0 Å². The van der Waals surface area contributed by atoms with Crippen molar-refractivity contribution in [3.8, 4) is 0 Å². The first-order valence-corrected chi connectivity index (χ1v) is 13.8. The first-order valence-electron chi connectivity index (χ1n) is 13.8. The molecule has 1 saturated heterocycles. The van der Waals surface area contributed by atoms with E-state index in [0.717, 1.165) is 92.1 Å². The fourth-order valence-electron chi connectivity index (χ4n) is 8.08. The van der Waals surface area contributed by atoms with Crippen LogP contribution in [0.2, 0.25) is 0 Å². The molecule has 3 saturated carbocycles. The number of nitrogens with one attached hydrogen (secondary N) is 1. The van der Waals surface area contributed by atoms with Crippen LogP contribution in [-0.2, 0) is 4.79 Å². The van der Waals surface area contributed by atoms with Crippen molar-refractivity contribution in [2.45, 2.75) is 70.4 Å². The molecule has 0 radical (unpaired) electrons. The fourth-order valence-corrected chi connectivity index (χ4v) is 8.08. The highest BCUT2D eigenvalue weighted by Gasteiger charge is 2.53. The van der Waals surface area contributed by atoms with Crippen LogP contribution in [0.4, 0.5) is 10.1 Å². The Hall–Kier alpha value is -2.21. The van der Waals surface area contributed by atoms with Gasteiger partial charge in [-0.05, 0) is 93.4 Å². The third-order valence-corrected chi connectivity index (χ3v) is 9.58. The lowest BCUT2D eigenvalue weighted by molar-refractivity contribution is -0.129. The molecule has 0 spiro atoms. The van der Waals surface area contributed by atoms with Crippen LogP contribution >= 0.6 is 0 Å². The van der Waals surface area contributed by atoms with E-state index in [2.05, 4.69) is 33.9 Å². The van der Waals surface area contributed by atoms with E-state index in [-0.39, 0.29) is 23.3 Å². The Morgan fingerprint density at radius 2 is 1.97 bits per heavy atom. The molecule has 3 aliphatic carbocycles. The molecule has 5 unspecified atom stereocenters. The number of hydrogen-bond donors (Lipinski definition) is 1. The molecule has 1 aromatic heterocycles. The molecule has 6 heteroatoms. The van der Waals surface area contributed by atoms with Gasteiger partial charge in [0, 0.05) is 49.0 Å². The topological polar surface area (TPSA) is 48.5 Å². The summed E-state index contributed by atoms with van der Waals surface area (Å²) in [6.45, 7) is 7.82. The Bertz CT molecular complexity index is 1090. The Morgan fingerprint density at radius 1 is 1.14 bits per heavy atom. The number of anilines is 1. The third-order valence-electron chi connectivity index (χ3n) is 9.58. The summed E-state index contributed by atoms with van der Waals surface area (Å²) >= 11 is 0. The van der Waals surface area contributed by atoms with E-state index in [1.165, 1.54) is 25.3 Å². The summed E-state index contributed by atoms with van der Waals surface area (Å²) in [6, 6.07) is 6.71. The molecule has 2 heterocycles. The number of pyridine rings is 1. The predicted molar refractivity (Wildman–Crippen MR) is 138 cm³/mol. The lowest BCUT2D eigenvalue weighted by Gasteiger charge is -2.47. The number of rotatable bonds is 6. The maximum absolute atomic E-state index is 14.0. The van der Waals surface area contributed by atoms with Crippen molar-refractivity contribution in [3.63, 3.8) is 0 Å². The first kappa shape index (κ1) is 23.2. The van der Waals surface area contributed by atoms with Crippen LogP contribution in [0.1, 0.15) is 58.8 Å². The van der Waals surface area contributed by atoms with Gasteiger partial charge in [0.1, 0.15) is 5.82 Å². The third kappa shape index (κ3) is 4.32. The van der Waals surface area contributed by atoms with Gasteiger partial charge in [0.05, 0.1) is 11.6 Å². The van der Waals surface area contributed by atoms with Gasteiger partial charge in [0.2, 0.25) is 5.91 Å². The van der Waals surface area contributed by atoms with Crippen molar-refractivity contribution in [1.82, 2.24) is 15.2 Å². The second-order valence-corrected chi connectivity index (χ2v) is 12.0. The molecule has 4 aliphatic rings. The average molecular weight is 479 g/mol. The van der Waals surface area contributed by atoms with Gasteiger partial charge in [-0.2, -0.15) is 0 Å². The number of carbonyl (C=O) groups is 1. The Labute approximate surface area is 208 Å². The SMILES string of the molecule is CCCC(C(=O)N[C@@]1(C)CC2CC3CC(C1)C3C2)N1CCN(c2ccnc3ccc(F)cc23)CC1. The summed E-state index contributed by atoms with van der Waals surface area (Å²) in [4.78, 5) is 22.8. The second-order valence-electron chi connectivity index (χ2n) is 12.0. The summed E-state index contributed by atoms with van der Waals surface area (Å²) < 4.78 is 14.0. The standard InChI is InChI=1S/C29H39FN4O/c1-3-4-27(28(35)32-29(2)17-19-13-20-15-21(18-29)23(20)14-19)34-11-9-33(10-12-34)26-7-8-31-25-6-5-22(30)16-24(25)26/h5-8,16,19-21,23,27H,3-4,9-15,17-18H2,1-2H3,(H,32,35)/t19?,20?,21?,23?,27?,29-/m0/s1. The van der Waals surface area contributed by atoms with E-state index in [0.29, 0.717) is 0 Å². The molecule has 6 atom stereocenters. The zero-order valence-corrected chi connectivity index (χ0v) is 21.2. The molecule has 2 bridgehead atoms. The molecule has 4 fully saturated rings. The molecule has 1 amide bonds. The van der Waals surface area contributed by atoms with Crippen LogP contribution < -0.4 is 10.2 Å². The lowest BCUT2D eigenvalue weighted by Crippen LogP contribution is -2.59. The highest BCUT2D eigenvalue weighted by molar-refractivity contribution is 5.91. The molecule has 188 valence electrons. The number of carbonyl (C=O) groups excluding carboxylic acids is 1. The number of piperazine rings is 1. The second kappa shape index (κ2) is 9.02. The smallest absolute Gasteiger partial charge is 0.237 e. The number of nitrogens with zero attached hydrogens (tertiary/aromatic N) is 3. The fraction of sp³-hybridized carbons (Fsp3) is 0.655. The maximum Gasteiger partial charge on any atom is 0.237 e. The van der Waals surface area contributed by atoms with Crippen LogP contribution in [0.5, 0.6) is 0 Å². The van der Waals surface area contributed by atoms with E-state index in [4.69, 9.17) is 0 Å². The normalized spacial score (nSPS) is 33.3. The summed E-state index contributed by atoms with van der Waals surface area (Å²) in [5.74, 6) is 3.55. The van der Waals surface area contributed by atoms with Crippen molar-refractivity contribution < 1.29 is 9.18 Å². The minimum Gasteiger partial charge on any atom is -0.368 e. The van der Waals surface area contributed by atoms with Crippen LogP contribution in [0.25, 0.3) is 10.9 Å². The van der Waals surface area contributed by atoms with Gasteiger partial charge in [0.15, 0.2) is 0 Å². The first-order chi connectivity index (χ1) is 16.9. The average Bonchev–Trinajstić information content (AvgIpc) is 3.10. The number of halogens is 1. The van der Waals surface area contributed by atoms with E-state index >= 15 is 0 Å². The van der Waals surface area contributed by atoms with Crippen molar-refractivity contribution >= 4 is 22.5 Å². The highest BCUT2D eigenvalue weighted by Crippen LogP contribution is 2.60. The number of aromatic nitrogens is 1. The maximum atomic E-state index is 14.0. The molecule has 1 aromatic carbocycles. The van der Waals surface area contributed by atoms with Gasteiger partial charge in [-0.3, -0.25) is 14.7 Å². The highest BCUT2D eigenvalue weighted by atomic mass is 19.1. The van der Waals surface area contributed by atoms with Gasteiger partial charge in [-0.1, -0.05) is 13.3 Å². The van der Waals surface area contributed by atoms with Gasteiger partial charge in [0.25, 0.3) is 0 Å². The monoisotopic (exact) mass is 478 g/mol. The van der Waals surface area contributed by atoms with Crippen LogP contribution in [0.3, 0.4) is 0 Å². The van der Waals surface area contributed by atoms with Crippen LogP contribution in [-0.4, -0.2) is 53.6 Å². The largest absolute Gasteiger partial charge is 0.368 e. The molecule has 1 aliphatic heterocycles. The summed E-state index contributed by atoms with van der Waals surface area (Å²) in [6.07, 6.45) is 10.2. The zero-order valence-electron chi connectivity index (χ0n) is 21.2. The lowest BCUT2D eigenvalue weighted by atomic mass is 9.62. The number of benzene rings is 1. The number of amides is 1. The Kier molecular flexibility index (Phi) is 5.98. The molecule has 5 nitrogen and oxygen atoms in total. The van der Waals surface area contributed by atoms with E-state index in [1.807, 2.05) is 6.07 Å². The van der Waals surface area contributed by atoms with Gasteiger partial charge in [-0.15, -0.1) is 0 Å². The number of fused-ring (bicyclic) bond motifs is 2. The Balaban J connectivity index is 1.13. The molecule has 35 heavy (non-hydrogen) atoms. The quantitative estimate of drug-likeness (QED) is 0.635. The van der Waals surface area contributed by atoms with Crippen molar-refractivity contribution in [2.24, 2.45) is 23.7 Å². The Morgan fingerprint density at radius 3 is 2.77 bits per heavy atom. The molecular formula is C29H39FN4O.